The molecule has 3 aromatic heterocycles. The van der Waals surface area contributed by atoms with Gasteiger partial charge in [0.05, 0.1) is 11.7 Å². The molecule has 3 aromatic rings. The smallest absolute Gasteiger partial charge is 0.263 e. The number of carbonyl (C=O) groups excluding carboxylic acids is 1. The maximum atomic E-state index is 13.3. The Morgan fingerprint density at radius 2 is 2.13 bits per heavy atom. The molecule has 9 heteroatoms. The van der Waals surface area contributed by atoms with Gasteiger partial charge in [-0.25, -0.2) is 4.98 Å². The van der Waals surface area contributed by atoms with E-state index < -0.39 is 6.04 Å². The number of hydrogen-bond acceptors (Lipinski definition) is 7. The van der Waals surface area contributed by atoms with Crippen molar-refractivity contribution in [3.63, 3.8) is 0 Å². The summed E-state index contributed by atoms with van der Waals surface area (Å²) in [6.07, 6.45) is 5.83. The van der Waals surface area contributed by atoms with Crippen LogP contribution < -0.4 is 10.9 Å². The number of aromatic nitrogens is 4. The molecule has 0 aromatic carbocycles. The van der Waals surface area contributed by atoms with Crippen molar-refractivity contribution in [2.24, 2.45) is 11.8 Å². The second kappa shape index (κ2) is 8.55. The van der Waals surface area contributed by atoms with E-state index in [1.807, 2.05) is 6.92 Å². The molecule has 7 nitrogen and oxygen atoms in total. The largest absolute Gasteiger partial charge is 0.299 e. The Labute approximate surface area is 183 Å². The molecule has 30 heavy (non-hydrogen) atoms. The van der Waals surface area contributed by atoms with Crippen molar-refractivity contribution in [2.75, 3.05) is 5.32 Å². The molecule has 1 aliphatic carbocycles. The van der Waals surface area contributed by atoms with E-state index >= 15 is 0 Å². The molecule has 160 valence electrons. The molecule has 1 aliphatic rings. The van der Waals surface area contributed by atoms with Crippen LogP contribution in [0.5, 0.6) is 0 Å². The SMILES string of the molecule is CCC(C(=O)Nc1nnc(CC(C)C)s1)n1cnc2sc3c(c2c1=O)CCC(C)C3. The lowest BCUT2D eigenvalue weighted by Crippen LogP contribution is -2.33. The molecule has 0 fully saturated rings. The van der Waals surface area contributed by atoms with Crippen LogP contribution in [-0.2, 0) is 24.1 Å². The van der Waals surface area contributed by atoms with Gasteiger partial charge in [0.2, 0.25) is 11.0 Å². The summed E-state index contributed by atoms with van der Waals surface area (Å²) in [4.78, 5) is 32.9. The summed E-state index contributed by atoms with van der Waals surface area (Å²) < 4.78 is 1.48. The first-order valence-corrected chi connectivity index (χ1v) is 12.1. The number of fused-ring (bicyclic) bond motifs is 3. The van der Waals surface area contributed by atoms with Crippen molar-refractivity contribution >= 4 is 43.9 Å². The van der Waals surface area contributed by atoms with Gasteiger partial charge in [-0.15, -0.1) is 21.5 Å². The van der Waals surface area contributed by atoms with Crippen molar-refractivity contribution < 1.29 is 4.79 Å². The summed E-state index contributed by atoms with van der Waals surface area (Å²) in [5.41, 5.74) is 1.02. The molecule has 3 heterocycles. The normalized spacial score (nSPS) is 17.3. The van der Waals surface area contributed by atoms with Gasteiger partial charge >= 0.3 is 0 Å². The molecule has 0 bridgehead atoms. The predicted molar refractivity (Wildman–Crippen MR) is 121 cm³/mol. The fraction of sp³-hybridized carbons (Fsp3) is 0.571. The Bertz CT molecular complexity index is 1130. The van der Waals surface area contributed by atoms with Gasteiger partial charge in [-0.1, -0.05) is 39.0 Å². The Balaban J connectivity index is 1.62. The summed E-state index contributed by atoms with van der Waals surface area (Å²) in [5, 5.41) is 13.1. The average Bonchev–Trinajstić information content (AvgIpc) is 3.27. The van der Waals surface area contributed by atoms with Crippen LogP contribution in [-0.4, -0.2) is 25.7 Å². The van der Waals surface area contributed by atoms with Gasteiger partial charge in [0, 0.05) is 11.3 Å². The van der Waals surface area contributed by atoms with Gasteiger partial charge in [-0.05, 0) is 43.1 Å². The van der Waals surface area contributed by atoms with Gasteiger partial charge in [-0.3, -0.25) is 19.5 Å². The highest BCUT2D eigenvalue weighted by molar-refractivity contribution is 7.18. The van der Waals surface area contributed by atoms with E-state index in [0.29, 0.717) is 28.8 Å². The maximum absolute atomic E-state index is 13.3. The van der Waals surface area contributed by atoms with Gasteiger partial charge < -0.3 is 0 Å². The first kappa shape index (κ1) is 21.1. The zero-order valence-electron chi connectivity index (χ0n) is 17.8. The van der Waals surface area contributed by atoms with Crippen LogP contribution in [0.25, 0.3) is 10.2 Å². The molecule has 0 aliphatic heterocycles. The summed E-state index contributed by atoms with van der Waals surface area (Å²) in [5.74, 6) is 0.848. The Morgan fingerprint density at radius 3 is 2.87 bits per heavy atom. The highest BCUT2D eigenvalue weighted by Crippen LogP contribution is 2.35. The summed E-state index contributed by atoms with van der Waals surface area (Å²) in [6, 6.07) is -0.634. The highest BCUT2D eigenvalue weighted by Gasteiger charge is 2.26. The van der Waals surface area contributed by atoms with Crippen LogP contribution in [0, 0.1) is 11.8 Å². The molecule has 2 unspecified atom stereocenters. The lowest BCUT2D eigenvalue weighted by molar-refractivity contribution is -0.119. The third kappa shape index (κ3) is 4.05. The summed E-state index contributed by atoms with van der Waals surface area (Å²) >= 11 is 3.01. The van der Waals surface area contributed by atoms with Gasteiger partial charge in [-0.2, -0.15) is 0 Å². The first-order valence-electron chi connectivity index (χ1n) is 10.5. The minimum absolute atomic E-state index is 0.119. The van der Waals surface area contributed by atoms with Crippen LogP contribution in [0.3, 0.4) is 0 Å². The van der Waals surface area contributed by atoms with Crippen LogP contribution in [0.15, 0.2) is 11.1 Å². The van der Waals surface area contributed by atoms with E-state index in [2.05, 4.69) is 41.3 Å². The van der Waals surface area contributed by atoms with Crippen molar-refractivity contribution in [1.82, 2.24) is 19.7 Å². The Morgan fingerprint density at radius 1 is 1.33 bits per heavy atom. The molecule has 2 atom stereocenters. The lowest BCUT2D eigenvalue weighted by Gasteiger charge is -2.18. The number of rotatable bonds is 6. The summed E-state index contributed by atoms with van der Waals surface area (Å²) in [6.45, 7) is 8.38. The highest BCUT2D eigenvalue weighted by atomic mass is 32.1. The number of carbonyl (C=O) groups is 1. The minimum atomic E-state index is -0.634. The molecule has 0 saturated heterocycles. The van der Waals surface area contributed by atoms with Gasteiger partial charge in [0.15, 0.2) is 0 Å². The molecule has 0 spiro atoms. The van der Waals surface area contributed by atoms with E-state index in [1.54, 1.807) is 11.3 Å². The standard InChI is InChI=1S/C21H27N5O2S2/c1-5-14(18(27)23-21-25-24-16(30-21)8-11(2)3)26-10-22-19-17(20(26)28)13-7-6-12(4)9-15(13)29-19/h10-12,14H,5-9H2,1-4H3,(H,23,25,27). The minimum Gasteiger partial charge on any atom is -0.299 e. The first-order chi connectivity index (χ1) is 14.4. The number of anilines is 1. The summed E-state index contributed by atoms with van der Waals surface area (Å²) in [7, 11) is 0. The quantitative estimate of drug-likeness (QED) is 0.613. The van der Waals surface area contributed by atoms with E-state index in [4.69, 9.17) is 0 Å². The van der Waals surface area contributed by atoms with E-state index in [0.717, 1.165) is 41.1 Å². The van der Waals surface area contributed by atoms with Crippen LogP contribution in [0.1, 0.15) is 62.0 Å². The second-order valence-electron chi connectivity index (χ2n) is 8.50. The maximum Gasteiger partial charge on any atom is 0.263 e. The fourth-order valence-electron chi connectivity index (χ4n) is 4.00. The second-order valence-corrected chi connectivity index (χ2v) is 10.6. The molecule has 0 radical (unpaired) electrons. The topological polar surface area (TPSA) is 89.8 Å². The number of nitrogens with one attached hydrogen (secondary N) is 1. The van der Waals surface area contributed by atoms with Crippen molar-refractivity contribution in [1.29, 1.82) is 0 Å². The Hall–Kier alpha value is -2.13. The van der Waals surface area contributed by atoms with Crippen molar-refractivity contribution in [3.05, 3.63) is 32.1 Å². The monoisotopic (exact) mass is 445 g/mol. The molecule has 0 saturated carbocycles. The van der Waals surface area contributed by atoms with Gasteiger partial charge in [0.1, 0.15) is 15.9 Å². The number of amides is 1. The number of aryl methyl sites for hydroxylation is 1. The average molecular weight is 446 g/mol. The number of thiophene rings is 1. The Kier molecular flexibility index (Phi) is 6.02. The predicted octanol–water partition coefficient (Wildman–Crippen LogP) is 4.22. The molecular weight excluding hydrogens is 418 g/mol. The zero-order valence-corrected chi connectivity index (χ0v) is 19.4. The van der Waals surface area contributed by atoms with Crippen LogP contribution in [0.2, 0.25) is 0 Å². The van der Waals surface area contributed by atoms with Gasteiger partial charge in [0.25, 0.3) is 5.56 Å². The zero-order chi connectivity index (χ0) is 21.4. The van der Waals surface area contributed by atoms with Crippen LogP contribution >= 0.6 is 22.7 Å². The molecule has 1 N–H and O–H groups in total. The van der Waals surface area contributed by atoms with E-state index in [-0.39, 0.29) is 11.5 Å². The number of nitrogens with zero attached hydrogens (tertiary/aromatic N) is 4. The van der Waals surface area contributed by atoms with Crippen LogP contribution in [0.4, 0.5) is 5.13 Å². The third-order valence-electron chi connectivity index (χ3n) is 5.55. The molecule has 4 rings (SSSR count). The lowest BCUT2D eigenvalue weighted by atomic mass is 9.89. The number of hydrogen-bond donors (Lipinski definition) is 1. The van der Waals surface area contributed by atoms with Crippen molar-refractivity contribution in [2.45, 2.75) is 65.8 Å². The fourth-order valence-corrected chi connectivity index (χ4v) is 6.29. The molecule has 1 amide bonds. The van der Waals surface area contributed by atoms with Crippen molar-refractivity contribution in [3.8, 4) is 0 Å². The third-order valence-corrected chi connectivity index (χ3v) is 7.57. The van der Waals surface area contributed by atoms with E-state index in [9.17, 15) is 9.59 Å². The van der Waals surface area contributed by atoms with E-state index in [1.165, 1.54) is 27.1 Å². The molecular formula is C21H27N5O2S2.